The summed E-state index contributed by atoms with van der Waals surface area (Å²) in [6, 6.07) is 3.86. The molecule has 0 saturated heterocycles. The third-order valence-electron chi connectivity index (χ3n) is 7.37. The normalized spacial score (nSPS) is 30.0. The van der Waals surface area contributed by atoms with E-state index in [1.807, 2.05) is 13.8 Å². The van der Waals surface area contributed by atoms with Crippen molar-refractivity contribution in [1.82, 2.24) is 5.32 Å². The molecule has 2 fully saturated rings. The van der Waals surface area contributed by atoms with Gasteiger partial charge in [-0.2, -0.15) is 10.2 Å². The van der Waals surface area contributed by atoms with Crippen LogP contribution in [0.4, 0.5) is 8.78 Å². The number of hydrogen-bond acceptors (Lipinski definition) is 3. The van der Waals surface area contributed by atoms with Gasteiger partial charge in [0.15, 0.2) is 0 Å². The van der Waals surface area contributed by atoms with Crippen LogP contribution in [0.25, 0.3) is 5.70 Å². The van der Waals surface area contributed by atoms with E-state index >= 15 is 0 Å². The molecule has 1 aliphatic heterocycles. The lowest BCUT2D eigenvalue weighted by atomic mass is 9.61. The van der Waals surface area contributed by atoms with Crippen molar-refractivity contribution < 1.29 is 13.6 Å². The first-order chi connectivity index (χ1) is 14.2. The lowest BCUT2D eigenvalue weighted by molar-refractivity contribution is -0.135. The number of fused-ring (bicyclic) bond motifs is 2. The molecule has 3 aliphatic rings. The van der Waals surface area contributed by atoms with Crippen LogP contribution in [0.5, 0.6) is 0 Å². The second-order valence-corrected chi connectivity index (χ2v) is 9.17. The van der Waals surface area contributed by atoms with Crippen LogP contribution in [0.15, 0.2) is 58.9 Å². The molecule has 2 atom stereocenters. The van der Waals surface area contributed by atoms with E-state index in [-0.39, 0.29) is 29.1 Å². The highest BCUT2D eigenvalue weighted by Gasteiger charge is 2.61. The molecular formula is C24H27F2N3O. The minimum absolute atomic E-state index is 0.0506. The smallest absolute Gasteiger partial charge is 0.233 e. The molecule has 2 bridgehead atoms. The molecule has 0 aromatic heterocycles. The highest BCUT2D eigenvalue weighted by Crippen LogP contribution is 2.62. The number of halogens is 2. The molecule has 1 unspecified atom stereocenters. The average molecular weight is 411 g/mol. The van der Waals surface area contributed by atoms with Crippen molar-refractivity contribution >= 4 is 11.6 Å². The van der Waals surface area contributed by atoms with Gasteiger partial charge in [-0.25, -0.2) is 8.78 Å². The van der Waals surface area contributed by atoms with Crippen LogP contribution in [0.1, 0.15) is 51.5 Å². The van der Waals surface area contributed by atoms with Gasteiger partial charge in [-0.15, -0.1) is 0 Å². The van der Waals surface area contributed by atoms with Crippen molar-refractivity contribution in [2.75, 3.05) is 0 Å². The van der Waals surface area contributed by atoms with E-state index < -0.39 is 22.5 Å². The number of nitrogens with one attached hydrogen (secondary N) is 1. The Hall–Kier alpha value is -2.63. The molecule has 2 saturated carbocycles. The largest absolute Gasteiger partial charge is 0.353 e. The van der Waals surface area contributed by atoms with Crippen molar-refractivity contribution in [2.24, 2.45) is 27.0 Å². The van der Waals surface area contributed by atoms with Gasteiger partial charge in [-0.1, -0.05) is 33.1 Å². The summed E-state index contributed by atoms with van der Waals surface area (Å²) in [5.41, 5.74) is -0.674. The molecule has 1 aromatic carbocycles. The topological polar surface area (TPSA) is 53.8 Å². The Labute approximate surface area is 175 Å². The summed E-state index contributed by atoms with van der Waals surface area (Å²) in [4.78, 5) is 13.5. The van der Waals surface area contributed by atoms with Gasteiger partial charge >= 0.3 is 0 Å². The molecule has 1 amide bonds. The lowest BCUT2D eigenvalue weighted by Crippen LogP contribution is -2.53. The number of carbonyl (C=O) groups excluding carboxylic acids is 1. The third kappa shape index (κ3) is 2.96. The molecule has 0 spiro atoms. The van der Waals surface area contributed by atoms with Crippen LogP contribution < -0.4 is 5.32 Å². The zero-order chi connectivity index (χ0) is 21.7. The van der Waals surface area contributed by atoms with E-state index in [9.17, 15) is 13.6 Å². The van der Waals surface area contributed by atoms with Gasteiger partial charge < -0.3 is 5.32 Å². The Morgan fingerprint density at radius 2 is 1.80 bits per heavy atom. The number of azo groups is 1. The summed E-state index contributed by atoms with van der Waals surface area (Å²) in [5.74, 6) is -1.61. The summed E-state index contributed by atoms with van der Waals surface area (Å²) in [5, 5.41) is 11.6. The standard InChI is InChI=1S/C24H27F2N3O/c1-14-13-20(21-18(25)9-6-10-19(21)26)29-28-15(2)24(12-11-17(14)23(24,3)4)22(30)27-16-7-5-8-16/h6,9-10,13,16-17H,1-2,5,7-8,11-12H2,3-4H3,(H,27,30)/b20-13-,29-28?/t17?,24-/m0/s1. The summed E-state index contributed by atoms with van der Waals surface area (Å²) >= 11 is 0. The van der Waals surface area contributed by atoms with Gasteiger partial charge in [-0.05, 0) is 67.2 Å². The van der Waals surface area contributed by atoms with Gasteiger partial charge in [0, 0.05) is 6.04 Å². The summed E-state index contributed by atoms with van der Waals surface area (Å²) in [6.07, 6.45) is 5.95. The number of rotatable bonds is 3. The zero-order valence-corrected chi connectivity index (χ0v) is 17.5. The molecule has 6 heteroatoms. The summed E-state index contributed by atoms with van der Waals surface area (Å²) < 4.78 is 28.9. The van der Waals surface area contributed by atoms with E-state index in [1.165, 1.54) is 18.2 Å². The molecule has 1 N–H and O–H groups in total. The van der Waals surface area contributed by atoms with E-state index in [1.54, 1.807) is 6.08 Å². The van der Waals surface area contributed by atoms with Crippen molar-refractivity contribution in [3.8, 4) is 0 Å². The Morgan fingerprint density at radius 1 is 1.13 bits per heavy atom. The van der Waals surface area contributed by atoms with Crippen molar-refractivity contribution in [3.63, 3.8) is 0 Å². The van der Waals surface area contributed by atoms with Crippen LogP contribution in [-0.4, -0.2) is 11.9 Å². The van der Waals surface area contributed by atoms with Gasteiger partial charge in [0.05, 0.1) is 22.4 Å². The molecule has 30 heavy (non-hydrogen) atoms. The van der Waals surface area contributed by atoms with Gasteiger partial charge in [0.1, 0.15) is 11.6 Å². The number of carbonyl (C=O) groups is 1. The summed E-state index contributed by atoms with van der Waals surface area (Å²) in [6.45, 7) is 12.3. The second-order valence-electron chi connectivity index (χ2n) is 9.17. The van der Waals surface area contributed by atoms with Gasteiger partial charge in [0.2, 0.25) is 5.91 Å². The Kier molecular flexibility index (Phi) is 4.99. The number of nitrogens with zero attached hydrogens (tertiary/aromatic N) is 2. The number of allylic oxidation sites excluding steroid dienone is 2. The maximum Gasteiger partial charge on any atom is 0.233 e. The Balaban J connectivity index is 1.81. The fourth-order valence-corrected chi connectivity index (χ4v) is 5.27. The van der Waals surface area contributed by atoms with Crippen LogP contribution >= 0.6 is 0 Å². The molecule has 0 radical (unpaired) electrons. The van der Waals surface area contributed by atoms with E-state index in [0.29, 0.717) is 24.1 Å². The molecule has 1 heterocycles. The molecule has 4 rings (SSSR count). The Morgan fingerprint density at radius 3 is 2.40 bits per heavy atom. The first-order valence-electron chi connectivity index (χ1n) is 10.5. The van der Waals surface area contributed by atoms with Crippen LogP contribution in [0, 0.1) is 28.4 Å². The van der Waals surface area contributed by atoms with Gasteiger partial charge in [-0.3, -0.25) is 4.79 Å². The third-order valence-corrected chi connectivity index (χ3v) is 7.37. The maximum absolute atomic E-state index is 14.4. The van der Waals surface area contributed by atoms with Crippen molar-refractivity contribution in [1.29, 1.82) is 0 Å². The minimum Gasteiger partial charge on any atom is -0.353 e. The minimum atomic E-state index is -0.948. The highest BCUT2D eigenvalue weighted by molar-refractivity contribution is 5.88. The van der Waals surface area contributed by atoms with Crippen molar-refractivity contribution in [2.45, 2.75) is 52.0 Å². The molecule has 4 nitrogen and oxygen atoms in total. The number of benzene rings is 1. The SMILES string of the molecule is C=C1/C=C(/c2c(F)cccc2F)N=NC(=C)[C@]2(C(=O)NC3CCC3)CCC1C2(C)C. The predicted molar refractivity (Wildman–Crippen MR) is 112 cm³/mol. The highest BCUT2D eigenvalue weighted by atomic mass is 19.1. The second kappa shape index (κ2) is 7.25. The maximum atomic E-state index is 14.4. The fourth-order valence-electron chi connectivity index (χ4n) is 5.27. The monoisotopic (exact) mass is 411 g/mol. The van der Waals surface area contributed by atoms with Crippen molar-refractivity contribution in [3.05, 3.63) is 65.9 Å². The molecular weight excluding hydrogens is 384 g/mol. The van der Waals surface area contributed by atoms with Crippen LogP contribution in [0.2, 0.25) is 0 Å². The molecule has 2 aliphatic carbocycles. The molecule has 1 aromatic rings. The average Bonchev–Trinajstić information content (AvgIpc) is 2.94. The quantitative estimate of drug-likeness (QED) is 0.658. The zero-order valence-electron chi connectivity index (χ0n) is 17.5. The van der Waals surface area contributed by atoms with Crippen LogP contribution in [-0.2, 0) is 4.79 Å². The van der Waals surface area contributed by atoms with E-state index in [4.69, 9.17) is 0 Å². The lowest BCUT2D eigenvalue weighted by Gasteiger charge is -2.44. The van der Waals surface area contributed by atoms with Gasteiger partial charge in [0.25, 0.3) is 0 Å². The number of amides is 1. The first kappa shape index (κ1) is 20.6. The first-order valence-corrected chi connectivity index (χ1v) is 10.5. The predicted octanol–water partition coefficient (Wildman–Crippen LogP) is 5.93. The van der Waals surface area contributed by atoms with E-state index in [2.05, 4.69) is 28.7 Å². The van der Waals surface area contributed by atoms with Crippen LogP contribution in [0.3, 0.4) is 0 Å². The summed E-state index contributed by atoms with van der Waals surface area (Å²) in [7, 11) is 0. The Bertz CT molecular complexity index is 970. The number of hydrogen-bond donors (Lipinski definition) is 1. The molecule has 158 valence electrons. The van der Waals surface area contributed by atoms with E-state index in [0.717, 1.165) is 19.3 Å². The fraction of sp³-hybridized carbons (Fsp3) is 0.458.